The quantitative estimate of drug-likeness (QED) is 0.418. The summed E-state index contributed by atoms with van der Waals surface area (Å²) in [4.78, 5) is 13.6. The van der Waals surface area contributed by atoms with Crippen molar-refractivity contribution in [3.63, 3.8) is 0 Å². The van der Waals surface area contributed by atoms with Crippen molar-refractivity contribution in [3.8, 4) is 6.07 Å². The lowest BCUT2D eigenvalue weighted by atomic mass is 10.0. The van der Waals surface area contributed by atoms with Gasteiger partial charge in [-0.25, -0.2) is 9.97 Å². The van der Waals surface area contributed by atoms with Crippen molar-refractivity contribution in [2.75, 3.05) is 37.5 Å². The van der Waals surface area contributed by atoms with Gasteiger partial charge < -0.3 is 4.90 Å². The highest BCUT2D eigenvalue weighted by Crippen LogP contribution is 2.22. The number of thioether (sulfide) groups is 1. The smallest absolute Gasteiger partial charge is 0.261 e. The van der Waals surface area contributed by atoms with E-state index in [1.807, 2.05) is 30.7 Å². The number of nitrogens with zero attached hydrogens (tertiary/aromatic N) is 5. The molecule has 1 aromatic heterocycles. The summed E-state index contributed by atoms with van der Waals surface area (Å²) in [6.45, 7) is 2.96. The van der Waals surface area contributed by atoms with Gasteiger partial charge in [-0.1, -0.05) is 23.9 Å². The fourth-order valence-corrected chi connectivity index (χ4v) is 3.59. The van der Waals surface area contributed by atoms with Gasteiger partial charge in [0.2, 0.25) is 0 Å². The number of nitriles is 1. The van der Waals surface area contributed by atoms with Gasteiger partial charge in [0.1, 0.15) is 5.82 Å². The third kappa shape index (κ3) is 8.28. The topological polar surface area (TPSA) is 110 Å². The molecule has 2 heterocycles. The van der Waals surface area contributed by atoms with Gasteiger partial charge >= 0.3 is 0 Å². The first-order valence-corrected chi connectivity index (χ1v) is 12.5. The molecule has 1 fully saturated rings. The first-order valence-electron chi connectivity index (χ1n) is 9.43. The molecule has 0 unspecified atom stereocenters. The van der Waals surface area contributed by atoms with E-state index in [9.17, 15) is 8.42 Å². The molecule has 1 aliphatic rings. The molecule has 1 saturated heterocycles. The van der Waals surface area contributed by atoms with Gasteiger partial charge in [-0.05, 0) is 49.9 Å². The van der Waals surface area contributed by atoms with Crippen molar-refractivity contribution in [2.45, 2.75) is 30.6 Å². The van der Waals surface area contributed by atoms with Gasteiger partial charge in [-0.2, -0.15) is 13.7 Å². The summed E-state index contributed by atoms with van der Waals surface area (Å²) < 4.78 is 25.9. The molecule has 3 rings (SSSR count). The number of hydrogen-bond donors (Lipinski definition) is 1. The maximum atomic E-state index is 9.19. The third-order valence-electron chi connectivity index (χ3n) is 4.73. The molecule has 0 saturated carbocycles. The van der Waals surface area contributed by atoms with Crippen LogP contribution in [0.5, 0.6) is 0 Å². The lowest BCUT2D eigenvalue weighted by Gasteiger charge is -2.37. The maximum absolute atomic E-state index is 9.19. The van der Waals surface area contributed by atoms with Gasteiger partial charge in [-0.15, -0.1) is 0 Å². The fourth-order valence-electron chi connectivity index (χ4n) is 3.24. The second-order valence-corrected chi connectivity index (χ2v) is 9.32. The van der Waals surface area contributed by atoms with E-state index >= 15 is 0 Å². The van der Waals surface area contributed by atoms with Crippen LogP contribution < -0.4 is 4.90 Å². The van der Waals surface area contributed by atoms with E-state index in [2.05, 4.69) is 45.0 Å². The average Bonchev–Trinajstić information content (AvgIpc) is 2.73. The van der Waals surface area contributed by atoms with E-state index in [0.717, 1.165) is 43.5 Å². The number of piperidine rings is 1. The van der Waals surface area contributed by atoms with Crippen LogP contribution in [0.3, 0.4) is 0 Å². The van der Waals surface area contributed by atoms with Crippen LogP contribution in [0.1, 0.15) is 24.0 Å². The van der Waals surface area contributed by atoms with Crippen LogP contribution in [-0.2, 0) is 16.7 Å². The highest BCUT2D eigenvalue weighted by molar-refractivity contribution is 7.98. The number of aromatic nitrogens is 2. The Morgan fingerprint density at radius 2 is 1.87 bits per heavy atom. The van der Waals surface area contributed by atoms with Crippen LogP contribution in [-0.4, -0.2) is 66.5 Å². The van der Waals surface area contributed by atoms with Crippen LogP contribution >= 0.6 is 11.8 Å². The Labute approximate surface area is 182 Å². The summed E-state index contributed by atoms with van der Waals surface area (Å²) in [7, 11) is -1.48. The third-order valence-corrected chi connectivity index (χ3v) is 5.29. The van der Waals surface area contributed by atoms with E-state index in [1.165, 1.54) is 5.56 Å². The standard InChI is InChI=1S/C19H23N5S.CH4O3S/c1-23(14-16-5-3-15(13-20)4-6-16)17-8-11-24(12-9-17)18-7-10-21-19(22-18)25-2;1-5(2,3)4/h3-7,10,17H,8-9,11-12,14H2,1-2H3;1H3,(H,2,3,4). The molecule has 0 spiro atoms. The first-order chi connectivity index (χ1) is 14.2. The zero-order valence-electron chi connectivity index (χ0n) is 17.4. The Balaban J connectivity index is 0.000000575. The molecule has 0 aliphatic carbocycles. The number of hydrogen-bond acceptors (Lipinski definition) is 8. The van der Waals surface area contributed by atoms with Crippen molar-refractivity contribution < 1.29 is 13.0 Å². The molecular weight excluding hydrogens is 422 g/mol. The minimum atomic E-state index is -3.67. The van der Waals surface area contributed by atoms with Gasteiger partial charge in [0.15, 0.2) is 5.16 Å². The van der Waals surface area contributed by atoms with Gasteiger partial charge in [0.25, 0.3) is 10.1 Å². The zero-order chi connectivity index (χ0) is 22.1. The normalized spacial score (nSPS) is 14.7. The molecular formula is C20H27N5O3S2. The lowest BCUT2D eigenvalue weighted by Crippen LogP contribution is -2.43. The van der Waals surface area contributed by atoms with E-state index in [0.29, 0.717) is 17.9 Å². The molecule has 1 aromatic carbocycles. The van der Waals surface area contributed by atoms with E-state index in [-0.39, 0.29) is 0 Å². The summed E-state index contributed by atoms with van der Waals surface area (Å²) >= 11 is 1.58. The summed E-state index contributed by atoms with van der Waals surface area (Å²) in [5.74, 6) is 1.03. The molecule has 1 N–H and O–H groups in total. The molecule has 0 amide bonds. The Morgan fingerprint density at radius 3 is 2.40 bits per heavy atom. The summed E-state index contributed by atoms with van der Waals surface area (Å²) in [5, 5.41) is 9.72. The average molecular weight is 450 g/mol. The Bertz CT molecular complexity index is 945. The number of anilines is 1. The molecule has 2 aromatic rings. The Morgan fingerprint density at radius 1 is 1.27 bits per heavy atom. The molecule has 8 nitrogen and oxygen atoms in total. The van der Waals surface area contributed by atoms with E-state index in [1.54, 1.807) is 11.8 Å². The van der Waals surface area contributed by atoms with Gasteiger partial charge in [-0.3, -0.25) is 9.45 Å². The fraction of sp³-hybridized carbons (Fsp3) is 0.450. The first kappa shape index (κ1) is 24.1. The lowest BCUT2D eigenvalue weighted by molar-refractivity contribution is 0.200. The van der Waals surface area contributed by atoms with Crippen LogP contribution in [0, 0.1) is 11.3 Å². The molecule has 0 radical (unpaired) electrons. The van der Waals surface area contributed by atoms with Crippen molar-refractivity contribution in [1.29, 1.82) is 5.26 Å². The molecule has 0 atom stereocenters. The highest BCUT2D eigenvalue weighted by atomic mass is 32.2. The Hall–Kier alpha value is -2.19. The molecule has 162 valence electrons. The SMILES string of the molecule is CS(=O)(=O)O.CSc1nccc(N2CCC(N(C)Cc3ccc(C#N)cc3)CC2)n1. The van der Waals surface area contributed by atoms with Gasteiger partial charge in [0.05, 0.1) is 17.9 Å². The number of benzene rings is 1. The van der Waals surface area contributed by atoms with Crippen molar-refractivity contribution >= 4 is 27.7 Å². The molecule has 0 bridgehead atoms. The maximum Gasteiger partial charge on any atom is 0.261 e. The van der Waals surface area contributed by atoms with Crippen LogP contribution in [0.15, 0.2) is 41.7 Å². The van der Waals surface area contributed by atoms with Crippen molar-refractivity contribution in [3.05, 3.63) is 47.7 Å². The monoisotopic (exact) mass is 449 g/mol. The molecule has 1 aliphatic heterocycles. The highest BCUT2D eigenvalue weighted by Gasteiger charge is 2.23. The molecule has 10 heteroatoms. The van der Waals surface area contributed by atoms with Gasteiger partial charge in [0, 0.05) is 31.9 Å². The Kier molecular flexibility index (Phi) is 9.05. The predicted octanol–water partition coefficient (Wildman–Crippen LogP) is 2.67. The minimum Gasteiger partial charge on any atom is -0.356 e. The minimum absolute atomic E-state index is 0.578. The van der Waals surface area contributed by atoms with Crippen LogP contribution in [0.2, 0.25) is 0 Å². The van der Waals surface area contributed by atoms with E-state index in [4.69, 9.17) is 9.81 Å². The molecule has 30 heavy (non-hydrogen) atoms. The summed E-state index contributed by atoms with van der Waals surface area (Å²) in [5.41, 5.74) is 1.97. The summed E-state index contributed by atoms with van der Waals surface area (Å²) in [6, 6.07) is 12.6. The van der Waals surface area contributed by atoms with Crippen molar-refractivity contribution in [1.82, 2.24) is 14.9 Å². The second-order valence-electron chi connectivity index (χ2n) is 7.08. The van der Waals surface area contributed by atoms with Crippen LogP contribution in [0.4, 0.5) is 5.82 Å². The number of rotatable bonds is 5. The summed E-state index contributed by atoms with van der Waals surface area (Å²) in [6.07, 6.45) is 6.82. The van der Waals surface area contributed by atoms with E-state index < -0.39 is 10.1 Å². The van der Waals surface area contributed by atoms with Crippen LogP contribution in [0.25, 0.3) is 0 Å². The van der Waals surface area contributed by atoms with Crippen molar-refractivity contribution in [2.24, 2.45) is 0 Å². The second kappa shape index (κ2) is 11.3. The largest absolute Gasteiger partial charge is 0.356 e. The zero-order valence-corrected chi connectivity index (χ0v) is 19.0. The predicted molar refractivity (Wildman–Crippen MR) is 119 cm³/mol.